The van der Waals surface area contributed by atoms with Gasteiger partial charge in [-0.15, -0.1) is 0 Å². The summed E-state index contributed by atoms with van der Waals surface area (Å²) >= 11 is 0. The van der Waals surface area contributed by atoms with Crippen LogP contribution in [-0.4, -0.2) is 49.1 Å². The topological polar surface area (TPSA) is 82.5 Å². The number of sulfonamides is 1. The number of rotatable bonds is 5. The third-order valence-electron chi connectivity index (χ3n) is 3.90. The summed E-state index contributed by atoms with van der Waals surface area (Å²) < 4.78 is 25.0. The van der Waals surface area contributed by atoms with Gasteiger partial charge in [0.1, 0.15) is 10.7 Å². The molecule has 1 aliphatic carbocycles. The Hall–Kier alpha value is -1.18. The Labute approximate surface area is 126 Å². The van der Waals surface area contributed by atoms with Gasteiger partial charge in [0.2, 0.25) is 10.0 Å². The number of nitrogens with zero attached hydrogens (tertiary/aromatic N) is 2. The first-order chi connectivity index (χ1) is 9.83. The van der Waals surface area contributed by atoms with E-state index in [9.17, 15) is 13.5 Å². The van der Waals surface area contributed by atoms with E-state index < -0.39 is 15.6 Å². The quantitative estimate of drug-likeness (QED) is 0.859. The van der Waals surface area contributed by atoms with Crippen molar-refractivity contribution in [3.8, 4) is 0 Å². The summed E-state index contributed by atoms with van der Waals surface area (Å²) in [5, 5.41) is 13.5. The van der Waals surface area contributed by atoms with E-state index in [0.717, 1.165) is 30.0 Å². The van der Waals surface area contributed by atoms with Gasteiger partial charge in [0.05, 0.1) is 5.60 Å². The molecule has 2 N–H and O–H groups in total. The molecule has 0 aromatic carbocycles. The van der Waals surface area contributed by atoms with Gasteiger partial charge in [-0.3, -0.25) is 0 Å². The van der Waals surface area contributed by atoms with Crippen molar-refractivity contribution in [1.29, 1.82) is 0 Å². The molecule has 1 heterocycles. The number of pyridine rings is 1. The molecule has 1 aromatic heterocycles. The Morgan fingerprint density at radius 1 is 1.29 bits per heavy atom. The second kappa shape index (κ2) is 6.29. The van der Waals surface area contributed by atoms with Crippen molar-refractivity contribution >= 4 is 15.8 Å². The van der Waals surface area contributed by atoms with E-state index in [4.69, 9.17) is 0 Å². The van der Waals surface area contributed by atoms with Crippen LogP contribution < -0.4 is 5.32 Å². The zero-order chi connectivity index (χ0) is 15.5. The van der Waals surface area contributed by atoms with Gasteiger partial charge in [-0.2, -0.15) is 0 Å². The van der Waals surface area contributed by atoms with Crippen LogP contribution in [-0.2, 0) is 10.0 Å². The summed E-state index contributed by atoms with van der Waals surface area (Å²) in [5.41, 5.74) is -0.672. The molecule has 0 unspecified atom stereocenters. The maximum atomic E-state index is 11.9. The van der Waals surface area contributed by atoms with Crippen molar-refractivity contribution in [1.82, 2.24) is 9.29 Å². The maximum Gasteiger partial charge on any atom is 0.244 e. The smallest absolute Gasteiger partial charge is 0.244 e. The van der Waals surface area contributed by atoms with Crippen LogP contribution in [0.4, 0.5) is 5.82 Å². The van der Waals surface area contributed by atoms with Crippen molar-refractivity contribution in [2.24, 2.45) is 0 Å². The first-order valence-corrected chi connectivity index (χ1v) is 8.62. The second-order valence-corrected chi connectivity index (χ2v) is 7.96. The van der Waals surface area contributed by atoms with Crippen molar-refractivity contribution in [3.05, 3.63) is 18.3 Å². The van der Waals surface area contributed by atoms with E-state index in [0.29, 0.717) is 12.4 Å². The zero-order valence-corrected chi connectivity index (χ0v) is 13.4. The zero-order valence-electron chi connectivity index (χ0n) is 12.5. The summed E-state index contributed by atoms with van der Waals surface area (Å²) in [7, 11) is -0.475. The molecule has 0 spiro atoms. The molecule has 7 heteroatoms. The molecule has 0 radical (unpaired) electrons. The molecular weight excluding hydrogens is 290 g/mol. The number of nitrogens with one attached hydrogen (secondary N) is 1. The van der Waals surface area contributed by atoms with Crippen LogP contribution in [0.1, 0.15) is 32.1 Å². The largest absolute Gasteiger partial charge is 0.388 e. The van der Waals surface area contributed by atoms with Gasteiger partial charge in [-0.05, 0) is 25.0 Å². The van der Waals surface area contributed by atoms with Crippen LogP contribution in [0.15, 0.2) is 23.2 Å². The summed E-state index contributed by atoms with van der Waals surface area (Å²) in [6, 6.07) is 3.15. The molecule has 0 bridgehead atoms. The highest BCUT2D eigenvalue weighted by atomic mass is 32.2. The van der Waals surface area contributed by atoms with Crippen molar-refractivity contribution in [3.63, 3.8) is 0 Å². The third kappa shape index (κ3) is 3.93. The first-order valence-electron chi connectivity index (χ1n) is 7.18. The molecule has 1 aliphatic rings. The Morgan fingerprint density at radius 2 is 1.95 bits per heavy atom. The lowest BCUT2D eigenvalue weighted by atomic mass is 9.85. The maximum absolute atomic E-state index is 11.9. The van der Waals surface area contributed by atoms with Gasteiger partial charge in [0.15, 0.2) is 0 Å². The Kier molecular flexibility index (Phi) is 4.85. The standard InChI is InChI=1S/C14H23N3O3S/c1-17(2)21(19,20)12-6-7-13(15-10-12)16-11-14(18)8-4-3-5-9-14/h6-7,10,18H,3-5,8-9,11H2,1-2H3,(H,15,16). The lowest BCUT2D eigenvalue weighted by Gasteiger charge is -2.32. The predicted octanol–water partition coefficient (Wildman–Crippen LogP) is 1.44. The van der Waals surface area contributed by atoms with Crippen molar-refractivity contribution in [2.45, 2.75) is 42.6 Å². The monoisotopic (exact) mass is 313 g/mol. The molecule has 0 saturated heterocycles. The number of aromatic nitrogens is 1. The molecule has 1 aromatic rings. The predicted molar refractivity (Wildman–Crippen MR) is 81.6 cm³/mol. The number of aliphatic hydroxyl groups is 1. The van der Waals surface area contributed by atoms with Crippen LogP contribution >= 0.6 is 0 Å². The van der Waals surface area contributed by atoms with Crippen LogP contribution in [0.2, 0.25) is 0 Å². The minimum absolute atomic E-state index is 0.162. The van der Waals surface area contributed by atoms with Crippen LogP contribution in [0.5, 0.6) is 0 Å². The Balaban J connectivity index is 2.00. The average Bonchev–Trinajstić information content (AvgIpc) is 2.46. The normalized spacial score (nSPS) is 18.7. The van der Waals surface area contributed by atoms with Crippen molar-refractivity contribution < 1.29 is 13.5 Å². The number of hydrogen-bond acceptors (Lipinski definition) is 5. The lowest BCUT2D eigenvalue weighted by molar-refractivity contribution is 0.0166. The molecule has 1 fully saturated rings. The van der Waals surface area contributed by atoms with E-state index in [1.165, 1.54) is 32.8 Å². The first kappa shape index (κ1) is 16.2. The molecule has 0 amide bonds. The molecule has 0 atom stereocenters. The number of hydrogen-bond donors (Lipinski definition) is 2. The SMILES string of the molecule is CN(C)S(=O)(=O)c1ccc(NCC2(O)CCCCC2)nc1. The van der Waals surface area contributed by atoms with Crippen LogP contribution in [0.3, 0.4) is 0 Å². The van der Waals surface area contributed by atoms with Gasteiger partial charge in [0, 0.05) is 26.8 Å². The average molecular weight is 313 g/mol. The van der Waals surface area contributed by atoms with E-state index in [1.807, 2.05) is 0 Å². The second-order valence-electron chi connectivity index (χ2n) is 5.81. The fourth-order valence-electron chi connectivity index (χ4n) is 2.49. The summed E-state index contributed by atoms with van der Waals surface area (Å²) in [6.07, 6.45) is 6.21. The van der Waals surface area contributed by atoms with E-state index in [2.05, 4.69) is 10.3 Å². The molecule has 118 valence electrons. The van der Waals surface area contributed by atoms with Crippen LogP contribution in [0, 0.1) is 0 Å². The summed E-state index contributed by atoms with van der Waals surface area (Å²) in [5.74, 6) is 0.576. The molecule has 6 nitrogen and oxygen atoms in total. The fourth-order valence-corrected chi connectivity index (χ4v) is 3.34. The Bertz CT molecular complexity index is 564. The van der Waals surface area contributed by atoms with E-state index >= 15 is 0 Å². The van der Waals surface area contributed by atoms with Gasteiger partial charge < -0.3 is 10.4 Å². The van der Waals surface area contributed by atoms with Gasteiger partial charge in [-0.1, -0.05) is 19.3 Å². The molecular formula is C14H23N3O3S. The highest BCUT2D eigenvalue weighted by Gasteiger charge is 2.28. The minimum atomic E-state index is -3.45. The third-order valence-corrected chi connectivity index (χ3v) is 5.70. The van der Waals surface area contributed by atoms with Crippen LogP contribution in [0.25, 0.3) is 0 Å². The van der Waals surface area contributed by atoms with E-state index in [1.54, 1.807) is 6.07 Å². The molecule has 21 heavy (non-hydrogen) atoms. The van der Waals surface area contributed by atoms with Crippen molar-refractivity contribution in [2.75, 3.05) is 26.0 Å². The fraction of sp³-hybridized carbons (Fsp3) is 0.643. The summed E-state index contributed by atoms with van der Waals surface area (Å²) in [6.45, 7) is 0.444. The highest BCUT2D eigenvalue weighted by molar-refractivity contribution is 7.89. The van der Waals surface area contributed by atoms with Gasteiger partial charge in [-0.25, -0.2) is 17.7 Å². The van der Waals surface area contributed by atoms with Gasteiger partial charge >= 0.3 is 0 Å². The molecule has 0 aliphatic heterocycles. The molecule has 2 rings (SSSR count). The summed E-state index contributed by atoms with van der Waals surface area (Å²) in [4.78, 5) is 4.28. The molecule has 1 saturated carbocycles. The van der Waals surface area contributed by atoms with Gasteiger partial charge in [0.25, 0.3) is 0 Å². The highest BCUT2D eigenvalue weighted by Crippen LogP contribution is 2.28. The Morgan fingerprint density at radius 3 is 2.48 bits per heavy atom. The lowest BCUT2D eigenvalue weighted by Crippen LogP contribution is -2.38. The number of anilines is 1. The minimum Gasteiger partial charge on any atom is -0.388 e. The van der Waals surface area contributed by atoms with E-state index in [-0.39, 0.29) is 4.90 Å².